The highest BCUT2D eigenvalue weighted by molar-refractivity contribution is 4.86. The third-order valence-corrected chi connectivity index (χ3v) is 4.89. The van der Waals surface area contributed by atoms with Gasteiger partial charge in [0, 0.05) is 19.2 Å². The lowest BCUT2D eigenvalue weighted by Gasteiger charge is -2.37. The van der Waals surface area contributed by atoms with Crippen LogP contribution in [0.1, 0.15) is 64.7 Å². The first kappa shape index (κ1) is 13.4. The summed E-state index contributed by atoms with van der Waals surface area (Å²) in [7, 11) is 1.85. The molecule has 0 heterocycles. The average molecular weight is 239 g/mol. The van der Waals surface area contributed by atoms with E-state index in [0.717, 1.165) is 18.0 Å². The zero-order chi connectivity index (χ0) is 12.1. The highest BCUT2D eigenvalue weighted by atomic mass is 16.5. The predicted molar refractivity (Wildman–Crippen MR) is 72.2 cm³/mol. The van der Waals surface area contributed by atoms with E-state index in [4.69, 9.17) is 4.74 Å². The number of rotatable bonds is 4. The first-order valence-corrected chi connectivity index (χ1v) is 7.62. The molecule has 1 N–H and O–H groups in total. The fraction of sp³-hybridized carbons (Fsp3) is 1.00. The summed E-state index contributed by atoms with van der Waals surface area (Å²) in [6.07, 6.45) is 12.7. The van der Waals surface area contributed by atoms with E-state index in [1.165, 1.54) is 57.8 Å². The molecule has 0 amide bonds. The molecule has 0 spiro atoms. The lowest BCUT2D eigenvalue weighted by atomic mass is 9.81. The number of hydrogen-bond donors (Lipinski definition) is 1. The van der Waals surface area contributed by atoms with E-state index in [1.54, 1.807) is 0 Å². The van der Waals surface area contributed by atoms with Crippen LogP contribution >= 0.6 is 0 Å². The summed E-state index contributed by atoms with van der Waals surface area (Å²) < 4.78 is 5.44. The Morgan fingerprint density at radius 1 is 1.00 bits per heavy atom. The van der Waals surface area contributed by atoms with Crippen LogP contribution in [-0.2, 0) is 4.74 Å². The minimum Gasteiger partial charge on any atom is -0.381 e. The topological polar surface area (TPSA) is 21.3 Å². The maximum atomic E-state index is 5.44. The molecule has 2 atom stereocenters. The van der Waals surface area contributed by atoms with Crippen molar-refractivity contribution in [2.45, 2.75) is 82.9 Å². The molecule has 100 valence electrons. The molecule has 2 unspecified atom stereocenters. The van der Waals surface area contributed by atoms with Gasteiger partial charge in [0.15, 0.2) is 0 Å². The van der Waals surface area contributed by atoms with Gasteiger partial charge in [-0.3, -0.25) is 0 Å². The molecule has 0 bridgehead atoms. The third kappa shape index (κ3) is 3.69. The van der Waals surface area contributed by atoms with Gasteiger partial charge in [-0.05, 0) is 44.4 Å². The molecule has 0 aromatic heterocycles. The smallest absolute Gasteiger partial charge is 0.0572 e. The predicted octanol–water partition coefficient (Wildman–Crippen LogP) is 3.50. The second-order valence-corrected chi connectivity index (χ2v) is 5.94. The highest BCUT2D eigenvalue weighted by Gasteiger charge is 2.28. The quantitative estimate of drug-likeness (QED) is 0.810. The number of methoxy groups -OCH3 is 1. The normalized spacial score (nSPS) is 39.2. The molecular weight excluding hydrogens is 210 g/mol. The molecule has 2 fully saturated rings. The highest BCUT2D eigenvalue weighted by Crippen LogP contribution is 2.29. The Balaban J connectivity index is 1.76. The van der Waals surface area contributed by atoms with Crippen molar-refractivity contribution in [3.8, 4) is 0 Å². The van der Waals surface area contributed by atoms with Gasteiger partial charge >= 0.3 is 0 Å². The van der Waals surface area contributed by atoms with Crippen LogP contribution in [0.5, 0.6) is 0 Å². The molecule has 0 radical (unpaired) electrons. The second-order valence-electron chi connectivity index (χ2n) is 5.94. The minimum atomic E-state index is 0.529. The van der Waals surface area contributed by atoms with Gasteiger partial charge in [-0.2, -0.15) is 0 Å². The molecule has 0 aromatic rings. The maximum absolute atomic E-state index is 5.44. The van der Waals surface area contributed by atoms with E-state index in [2.05, 4.69) is 12.2 Å². The standard InChI is InChI=1S/C15H29NO/c1-3-12-6-4-5-7-15(12)16-13-8-10-14(17-2)11-9-13/h12-16H,3-11H2,1-2H3. The SMILES string of the molecule is CCC1CCCCC1NC1CCC(OC)CC1. The van der Waals surface area contributed by atoms with Crippen LogP contribution in [0.15, 0.2) is 0 Å². The molecule has 0 aromatic carbocycles. The van der Waals surface area contributed by atoms with Gasteiger partial charge in [-0.1, -0.05) is 26.2 Å². The summed E-state index contributed by atoms with van der Waals surface area (Å²) in [6, 6.07) is 1.57. The molecule has 2 heteroatoms. The van der Waals surface area contributed by atoms with Crippen LogP contribution in [0.4, 0.5) is 0 Å². The lowest BCUT2D eigenvalue weighted by Crippen LogP contribution is -2.46. The van der Waals surface area contributed by atoms with E-state index >= 15 is 0 Å². The zero-order valence-electron chi connectivity index (χ0n) is 11.6. The van der Waals surface area contributed by atoms with Crippen molar-refractivity contribution in [1.29, 1.82) is 0 Å². The van der Waals surface area contributed by atoms with Crippen LogP contribution in [-0.4, -0.2) is 25.3 Å². The maximum Gasteiger partial charge on any atom is 0.0572 e. The summed E-state index contributed by atoms with van der Waals surface area (Å²) in [6.45, 7) is 2.35. The molecule has 2 rings (SSSR count). The van der Waals surface area contributed by atoms with Crippen molar-refractivity contribution in [2.24, 2.45) is 5.92 Å². The van der Waals surface area contributed by atoms with Crippen LogP contribution in [0.3, 0.4) is 0 Å². The van der Waals surface area contributed by atoms with Gasteiger partial charge < -0.3 is 10.1 Å². The first-order chi connectivity index (χ1) is 8.33. The van der Waals surface area contributed by atoms with Crippen LogP contribution in [0.25, 0.3) is 0 Å². The minimum absolute atomic E-state index is 0.529. The largest absolute Gasteiger partial charge is 0.381 e. The Labute approximate surface area is 107 Å². The Morgan fingerprint density at radius 2 is 1.71 bits per heavy atom. The van der Waals surface area contributed by atoms with E-state index in [1.807, 2.05) is 7.11 Å². The van der Waals surface area contributed by atoms with E-state index in [-0.39, 0.29) is 0 Å². The Hall–Kier alpha value is -0.0800. The number of nitrogens with one attached hydrogen (secondary N) is 1. The van der Waals surface area contributed by atoms with Gasteiger partial charge in [0.05, 0.1) is 6.10 Å². The van der Waals surface area contributed by atoms with Crippen LogP contribution in [0.2, 0.25) is 0 Å². The van der Waals surface area contributed by atoms with Crippen molar-refractivity contribution in [1.82, 2.24) is 5.32 Å². The average Bonchev–Trinajstić information content (AvgIpc) is 2.40. The Bertz CT molecular complexity index is 211. The second kappa shape index (κ2) is 6.75. The first-order valence-electron chi connectivity index (χ1n) is 7.62. The fourth-order valence-electron chi connectivity index (χ4n) is 3.68. The van der Waals surface area contributed by atoms with Gasteiger partial charge in [0.1, 0.15) is 0 Å². The molecule has 2 nitrogen and oxygen atoms in total. The Kier molecular flexibility index (Phi) is 5.30. The van der Waals surface area contributed by atoms with Gasteiger partial charge in [-0.15, -0.1) is 0 Å². The monoisotopic (exact) mass is 239 g/mol. The van der Waals surface area contributed by atoms with E-state index in [0.29, 0.717) is 6.10 Å². The molecule has 2 saturated carbocycles. The summed E-state index contributed by atoms with van der Waals surface area (Å²) in [5.74, 6) is 0.934. The van der Waals surface area contributed by atoms with Crippen LogP contribution in [0, 0.1) is 5.92 Å². The lowest BCUT2D eigenvalue weighted by molar-refractivity contribution is 0.0586. The van der Waals surface area contributed by atoms with Gasteiger partial charge in [0.25, 0.3) is 0 Å². The summed E-state index contributed by atoms with van der Waals surface area (Å²) >= 11 is 0. The third-order valence-electron chi connectivity index (χ3n) is 4.89. The number of hydrogen-bond acceptors (Lipinski definition) is 2. The number of ether oxygens (including phenoxy) is 1. The molecule has 17 heavy (non-hydrogen) atoms. The van der Waals surface area contributed by atoms with E-state index < -0.39 is 0 Å². The van der Waals surface area contributed by atoms with Crippen molar-refractivity contribution < 1.29 is 4.74 Å². The molecule has 2 aliphatic carbocycles. The fourth-order valence-corrected chi connectivity index (χ4v) is 3.68. The van der Waals surface area contributed by atoms with Crippen molar-refractivity contribution >= 4 is 0 Å². The van der Waals surface area contributed by atoms with Crippen molar-refractivity contribution in [3.05, 3.63) is 0 Å². The summed E-state index contributed by atoms with van der Waals surface area (Å²) in [4.78, 5) is 0. The molecular formula is C15H29NO. The van der Waals surface area contributed by atoms with Crippen LogP contribution < -0.4 is 5.32 Å². The zero-order valence-corrected chi connectivity index (χ0v) is 11.6. The van der Waals surface area contributed by atoms with Crippen molar-refractivity contribution in [3.63, 3.8) is 0 Å². The van der Waals surface area contributed by atoms with E-state index in [9.17, 15) is 0 Å². The van der Waals surface area contributed by atoms with Gasteiger partial charge in [0.2, 0.25) is 0 Å². The molecule has 0 saturated heterocycles. The Morgan fingerprint density at radius 3 is 2.35 bits per heavy atom. The molecule has 0 aliphatic heterocycles. The summed E-state index contributed by atoms with van der Waals surface area (Å²) in [5.41, 5.74) is 0. The molecule has 2 aliphatic rings. The summed E-state index contributed by atoms with van der Waals surface area (Å²) in [5, 5.41) is 3.95. The van der Waals surface area contributed by atoms with Gasteiger partial charge in [-0.25, -0.2) is 0 Å². The van der Waals surface area contributed by atoms with Crippen molar-refractivity contribution in [2.75, 3.05) is 7.11 Å².